The fraction of sp³-hybridized carbons (Fsp3) is 0.357. The molecule has 0 aliphatic heterocycles. The van der Waals surface area contributed by atoms with Crippen molar-refractivity contribution in [3.63, 3.8) is 0 Å². The normalized spacial score (nSPS) is 12.7. The summed E-state index contributed by atoms with van der Waals surface area (Å²) in [7, 11) is 1.96. The van der Waals surface area contributed by atoms with Crippen LogP contribution in [0.4, 0.5) is 0 Å². The van der Waals surface area contributed by atoms with Crippen LogP contribution in [-0.4, -0.2) is 9.78 Å². The molecule has 1 atom stereocenters. The van der Waals surface area contributed by atoms with Crippen LogP contribution in [0.25, 0.3) is 0 Å². The molecule has 0 bridgehead atoms. The average Bonchev–Trinajstić information content (AvgIpc) is 2.66. The van der Waals surface area contributed by atoms with Gasteiger partial charge in [0.25, 0.3) is 0 Å². The van der Waals surface area contributed by atoms with Gasteiger partial charge in [-0.2, -0.15) is 5.10 Å². The number of rotatable bonds is 4. The van der Waals surface area contributed by atoms with E-state index in [-0.39, 0.29) is 6.04 Å². The molecule has 2 rings (SSSR count). The zero-order valence-corrected chi connectivity index (χ0v) is 11.1. The van der Waals surface area contributed by atoms with Crippen LogP contribution in [0.15, 0.2) is 30.3 Å². The first-order valence-corrected chi connectivity index (χ1v) is 6.12. The van der Waals surface area contributed by atoms with Crippen LogP contribution in [-0.2, 0) is 13.5 Å². The summed E-state index contributed by atoms with van der Waals surface area (Å²) >= 11 is 0. The minimum Gasteiger partial charge on any atom is -0.272 e. The first kappa shape index (κ1) is 12.8. The molecule has 0 saturated heterocycles. The summed E-state index contributed by atoms with van der Waals surface area (Å²) in [5.74, 6) is 5.67. The number of benzene rings is 1. The van der Waals surface area contributed by atoms with E-state index in [1.807, 2.05) is 18.7 Å². The van der Waals surface area contributed by atoms with Crippen LogP contribution in [0.5, 0.6) is 0 Å². The van der Waals surface area contributed by atoms with Crippen LogP contribution >= 0.6 is 0 Å². The van der Waals surface area contributed by atoms with Crippen molar-refractivity contribution in [1.29, 1.82) is 0 Å². The lowest BCUT2D eigenvalue weighted by atomic mass is 10.0. The zero-order valence-electron chi connectivity index (χ0n) is 11.1. The molecule has 2 aromatic rings. The minimum atomic E-state index is 0.111. The van der Waals surface area contributed by atoms with Gasteiger partial charge in [0, 0.05) is 19.2 Å². The molecule has 1 aromatic heterocycles. The summed E-state index contributed by atoms with van der Waals surface area (Å²) < 4.78 is 1.91. The van der Waals surface area contributed by atoms with E-state index in [4.69, 9.17) is 5.84 Å². The molecule has 96 valence electrons. The summed E-state index contributed by atoms with van der Waals surface area (Å²) in [6.07, 6.45) is 0.830. The topological polar surface area (TPSA) is 55.9 Å². The molecule has 0 aliphatic carbocycles. The smallest absolute Gasteiger partial charge is 0.0596 e. The SMILES string of the molecule is Cc1ccc(C(Cc2cc(C)nn2C)NN)cc1. The number of hydrogen-bond acceptors (Lipinski definition) is 3. The molecule has 18 heavy (non-hydrogen) atoms. The first-order chi connectivity index (χ1) is 8.60. The number of nitrogens with one attached hydrogen (secondary N) is 1. The van der Waals surface area contributed by atoms with Gasteiger partial charge in [-0.25, -0.2) is 0 Å². The van der Waals surface area contributed by atoms with Crippen molar-refractivity contribution in [2.45, 2.75) is 26.3 Å². The number of hydrazine groups is 1. The highest BCUT2D eigenvalue weighted by Gasteiger charge is 2.13. The van der Waals surface area contributed by atoms with Crippen molar-refractivity contribution >= 4 is 0 Å². The van der Waals surface area contributed by atoms with Crippen molar-refractivity contribution < 1.29 is 0 Å². The summed E-state index contributed by atoms with van der Waals surface area (Å²) in [4.78, 5) is 0. The van der Waals surface area contributed by atoms with Gasteiger partial charge in [0.2, 0.25) is 0 Å². The monoisotopic (exact) mass is 244 g/mol. The van der Waals surface area contributed by atoms with E-state index in [0.717, 1.165) is 12.1 Å². The molecule has 0 aliphatic rings. The van der Waals surface area contributed by atoms with Crippen molar-refractivity contribution in [3.8, 4) is 0 Å². The third kappa shape index (κ3) is 2.78. The Hall–Kier alpha value is -1.65. The molecule has 4 nitrogen and oxygen atoms in total. The van der Waals surface area contributed by atoms with Gasteiger partial charge in [-0.1, -0.05) is 29.8 Å². The fourth-order valence-electron chi connectivity index (χ4n) is 2.14. The van der Waals surface area contributed by atoms with Crippen molar-refractivity contribution in [1.82, 2.24) is 15.2 Å². The molecule has 0 amide bonds. The predicted molar refractivity (Wildman–Crippen MR) is 72.9 cm³/mol. The van der Waals surface area contributed by atoms with Gasteiger partial charge in [0.1, 0.15) is 0 Å². The maximum atomic E-state index is 5.67. The maximum Gasteiger partial charge on any atom is 0.0596 e. The van der Waals surface area contributed by atoms with E-state index >= 15 is 0 Å². The second-order valence-electron chi connectivity index (χ2n) is 4.73. The Kier molecular flexibility index (Phi) is 3.79. The van der Waals surface area contributed by atoms with Crippen LogP contribution in [0.1, 0.15) is 28.6 Å². The second kappa shape index (κ2) is 5.33. The lowest BCUT2D eigenvalue weighted by Crippen LogP contribution is -2.30. The first-order valence-electron chi connectivity index (χ1n) is 6.12. The summed E-state index contributed by atoms with van der Waals surface area (Å²) in [6, 6.07) is 10.6. The zero-order chi connectivity index (χ0) is 13.1. The van der Waals surface area contributed by atoms with E-state index < -0.39 is 0 Å². The molecule has 1 unspecified atom stereocenters. The molecule has 4 heteroatoms. The molecule has 1 aromatic carbocycles. The Morgan fingerprint density at radius 1 is 1.28 bits per heavy atom. The highest BCUT2D eigenvalue weighted by molar-refractivity contribution is 5.25. The van der Waals surface area contributed by atoms with E-state index in [9.17, 15) is 0 Å². The average molecular weight is 244 g/mol. The maximum absolute atomic E-state index is 5.67. The van der Waals surface area contributed by atoms with Gasteiger partial charge in [-0.3, -0.25) is 16.0 Å². The van der Waals surface area contributed by atoms with Gasteiger partial charge >= 0.3 is 0 Å². The third-order valence-electron chi connectivity index (χ3n) is 3.19. The number of aryl methyl sites for hydroxylation is 3. The minimum absolute atomic E-state index is 0.111. The quantitative estimate of drug-likeness (QED) is 0.637. The standard InChI is InChI=1S/C14H20N4/c1-10-4-6-12(7-5-10)14(16-15)9-13-8-11(2)17-18(13)3/h4-8,14,16H,9,15H2,1-3H3. The van der Waals surface area contributed by atoms with Crippen molar-refractivity contribution in [2.24, 2.45) is 12.9 Å². The summed E-state index contributed by atoms with van der Waals surface area (Å²) in [5, 5.41) is 4.35. The molecular weight excluding hydrogens is 224 g/mol. The highest BCUT2D eigenvalue weighted by atomic mass is 15.3. The Balaban J connectivity index is 2.19. The molecule has 0 fully saturated rings. The van der Waals surface area contributed by atoms with Crippen LogP contribution in [0.2, 0.25) is 0 Å². The molecule has 0 radical (unpaired) electrons. The molecule has 0 spiro atoms. The van der Waals surface area contributed by atoms with Gasteiger partial charge in [-0.15, -0.1) is 0 Å². The Bertz CT molecular complexity index is 513. The number of nitrogens with zero attached hydrogens (tertiary/aromatic N) is 2. The molecular formula is C14H20N4. The molecule has 0 saturated carbocycles. The van der Waals surface area contributed by atoms with Gasteiger partial charge < -0.3 is 0 Å². The summed E-state index contributed by atoms with van der Waals surface area (Å²) in [5.41, 5.74) is 7.54. The summed E-state index contributed by atoms with van der Waals surface area (Å²) in [6.45, 7) is 4.08. The van der Waals surface area contributed by atoms with Gasteiger partial charge in [-0.05, 0) is 25.5 Å². The number of hydrogen-bond donors (Lipinski definition) is 2. The van der Waals surface area contributed by atoms with E-state index in [1.165, 1.54) is 16.8 Å². The van der Waals surface area contributed by atoms with Crippen molar-refractivity contribution in [2.75, 3.05) is 0 Å². The molecule has 3 N–H and O–H groups in total. The van der Waals surface area contributed by atoms with E-state index in [2.05, 4.69) is 47.8 Å². The Labute approximate surface area is 108 Å². The van der Waals surface area contributed by atoms with Crippen LogP contribution in [0.3, 0.4) is 0 Å². The highest BCUT2D eigenvalue weighted by Crippen LogP contribution is 2.18. The van der Waals surface area contributed by atoms with E-state index in [0.29, 0.717) is 0 Å². The Morgan fingerprint density at radius 3 is 2.44 bits per heavy atom. The lowest BCUT2D eigenvalue weighted by molar-refractivity contribution is 0.530. The van der Waals surface area contributed by atoms with Crippen LogP contribution < -0.4 is 11.3 Å². The van der Waals surface area contributed by atoms with Gasteiger partial charge in [0.15, 0.2) is 0 Å². The third-order valence-corrected chi connectivity index (χ3v) is 3.19. The molecule has 1 heterocycles. The number of nitrogens with two attached hydrogens (primary N) is 1. The largest absolute Gasteiger partial charge is 0.272 e. The van der Waals surface area contributed by atoms with Crippen LogP contribution in [0, 0.1) is 13.8 Å². The predicted octanol–water partition coefficient (Wildman–Crippen LogP) is 1.78. The van der Waals surface area contributed by atoms with E-state index in [1.54, 1.807) is 0 Å². The van der Waals surface area contributed by atoms with Crippen molar-refractivity contribution in [3.05, 3.63) is 52.8 Å². The second-order valence-corrected chi connectivity index (χ2v) is 4.73. The van der Waals surface area contributed by atoms with Gasteiger partial charge in [0.05, 0.1) is 11.7 Å². The number of aromatic nitrogens is 2. The Morgan fingerprint density at radius 2 is 1.94 bits per heavy atom. The lowest BCUT2D eigenvalue weighted by Gasteiger charge is -2.16. The fourth-order valence-corrected chi connectivity index (χ4v) is 2.14.